The SMILES string of the molecule is O=C(O)C(C1CCCCC1)N1C(=O)CCCCC1=O. The van der Waals surface area contributed by atoms with Crippen molar-refractivity contribution < 1.29 is 19.5 Å². The number of imide groups is 1. The topological polar surface area (TPSA) is 74.7 Å². The molecular formula is C14H21NO4. The highest BCUT2D eigenvalue weighted by Gasteiger charge is 2.40. The molecule has 19 heavy (non-hydrogen) atoms. The first-order valence-corrected chi connectivity index (χ1v) is 7.19. The van der Waals surface area contributed by atoms with Crippen molar-refractivity contribution in [3.05, 3.63) is 0 Å². The molecule has 2 aliphatic rings. The predicted octanol–water partition coefficient (Wildman–Crippen LogP) is 1.95. The van der Waals surface area contributed by atoms with Crippen molar-refractivity contribution in [2.24, 2.45) is 5.92 Å². The van der Waals surface area contributed by atoms with Crippen LogP contribution in [-0.2, 0) is 14.4 Å². The number of aliphatic carboxylic acids is 1. The van der Waals surface area contributed by atoms with Crippen molar-refractivity contribution >= 4 is 17.8 Å². The Labute approximate surface area is 113 Å². The molecule has 1 saturated carbocycles. The van der Waals surface area contributed by atoms with Gasteiger partial charge in [-0.25, -0.2) is 4.79 Å². The van der Waals surface area contributed by atoms with Gasteiger partial charge in [0.25, 0.3) is 0 Å². The molecule has 2 amide bonds. The Kier molecular flexibility index (Phi) is 4.56. The summed E-state index contributed by atoms with van der Waals surface area (Å²) in [5.41, 5.74) is 0. The van der Waals surface area contributed by atoms with Crippen LogP contribution in [0.4, 0.5) is 0 Å². The van der Waals surface area contributed by atoms with Gasteiger partial charge in [0.2, 0.25) is 11.8 Å². The molecule has 1 heterocycles. The number of nitrogens with zero attached hydrogens (tertiary/aromatic N) is 1. The van der Waals surface area contributed by atoms with Crippen LogP contribution >= 0.6 is 0 Å². The molecule has 0 spiro atoms. The largest absolute Gasteiger partial charge is 0.480 e. The monoisotopic (exact) mass is 267 g/mol. The number of carbonyl (C=O) groups excluding carboxylic acids is 2. The standard InChI is InChI=1S/C14H21NO4/c16-11-8-4-5-9-12(17)15(11)13(14(18)19)10-6-2-1-3-7-10/h10,13H,1-9H2,(H,18,19). The fourth-order valence-corrected chi connectivity index (χ4v) is 3.22. The van der Waals surface area contributed by atoms with Crippen molar-refractivity contribution in [3.63, 3.8) is 0 Å². The Hall–Kier alpha value is -1.39. The molecule has 5 heteroatoms. The number of hydrogen-bond donors (Lipinski definition) is 1. The van der Waals surface area contributed by atoms with Gasteiger partial charge in [0.05, 0.1) is 0 Å². The molecule has 1 aliphatic carbocycles. The number of carboxylic acid groups (broad SMARTS) is 1. The van der Waals surface area contributed by atoms with Crippen LogP contribution in [0.1, 0.15) is 57.8 Å². The molecule has 0 radical (unpaired) electrons. The second-order valence-corrected chi connectivity index (χ2v) is 5.55. The quantitative estimate of drug-likeness (QED) is 0.793. The summed E-state index contributed by atoms with van der Waals surface area (Å²) in [7, 11) is 0. The van der Waals surface area contributed by atoms with Gasteiger partial charge >= 0.3 is 5.97 Å². The highest BCUT2D eigenvalue weighted by Crippen LogP contribution is 2.31. The van der Waals surface area contributed by atoms with E-state index in [1.807, 2.05) is 0 Å². The Morgan fingerprint density at radius 3 is 2.00 bits per heavy atom. The van der Waals surface area contributed by atoms with Gasteiger partial charge in [-0.05, 0) is 31.6 Å². The van der Waals surface area contributed by atoms with Crippen LogP contribution in [-0.4, -0.2) is 33.8 Å². The zero-order valence-corrected chi connectivity index (χ0v) is 11.1. The van der Waals surface area contributed by atoms with Crippen LogP contribution in [0, 0.1) is 5.92 Å². The number of carboxylic acids is 1. The lowest BCUT2D eigenvalue weighted by atomic mass is 9.83. The van der Waals surface area contributed by atoms with E-state index in [1.165, 1.54) is 0 Å². The van der Waals surface area contributed by atoms with Crippen LogP contribution < -0.4 is 0 Å². The second kappa shape index (κ2) is 6.17. The van der Waals surface area contributed by atoms with E-state index in [-0.39, 0.29) is 17.7 Å². The zero-order chi connectivity index (χ0) is 13.8. The van der Waals surface area contributed by atoms with Crippen LogP contribution in [0.2, 0.25) is 0 Å². The molecule has 0 aromatic carbocycles. The summed E-state index contributed by atoms with van der Waals surface area (Å²) < 4.78 is 0. The average Bonchev–Trinajstić information content (AvgIpc) is 2.55. The van der Waals surface area contributed by atoms with Crippen LogP contribution in [0.5, 0.6) is 0 Å². The van der Waals surface area contributed by atoms with Crippen LogP contribution in [0.3, 0.4) is 0 Å². The molecule has 0 aromatic rings. The molecular weight excluding hydrogens is 246 g/mol. The summed E-state index contributed by atoms with van der Waals surface area (Å²) in [4.78, 5) is 36.7. The van der Waals surface area contributed by atoms with Crippen molar-refractivity contribution in [3.8, 4) is 0 Å². The molecule has 1 aliphatic heterocycles. The molecule has 1 N–H and O–H groups in total. The van der Waals surface area contributed by atoms with E-state index >= 15 is 0 Å². The van der Waals surface area contributed by atoms with Crippen LogP contribution in [0.15, 0.2) is 0 Å². The minimum atomic E-state index is -1.03. The van der Waals surface area contributed by atoms with E-state index in [0.717, 1.165) is 37.0 Å². The highest BCUT2D eigenvalue weighted by molar-refractivity contribution is 5.99. The van der Waals surface area contributed by atoms with Crippen molar-refractivity contribution in [1.29, 1.82) is 0 Å². The summed E-state index contributed by atoms with van der Waals surface area (Å²) in [6.45, 7) is 0. The van der Waals surface area contributed by atoms with E-state index in [9.17, 15) is 19.5 Å². The van der Waals surface area contributed by atoms with Crippen LogP contribution in [0.25, 0.3) is 0 Å². The lowest BCUT2D eigenvalue weighted by Gasteiger charge is -2.34. The first-order valence-electron chi connectivity index (χ1n) is 7.19. The zero-order valence-electron chi connectivity index (χ0n) is 11.1. The molecule has 0 bridgehead atoms. The minimum Gasteiger partial charge on any atom is -0.480 e. The Morgan fingerprint density at radius 2 is 1.53 bits per heavy atom. The number of likely N-dealkylation sites (tertiary alicyclic amines) is 1. The number of carbonyl (C=O) groups is 3. The van der Waals surface area contributed by atoms with E-state index in [4.69, 9.17) is 0 Å². The van der Waals surface area contributed by atoms with Gasteiger partial charge in [0.1, 0.15) is 6.04 Å². The number of hydrogen-bond acceptors (Lipinski definition) is 3. The van der Waals surface area contributed by atoms with Gasteiger partial charge < -0.3 is 5.11 Å². The van der Waals surface area contributed by atoms with E-state index in [1.54, 1.807) is 0 Å². The molecule has 1 unspecified atom stereocenters. The van der Waals surface area contributed by atoms with E-state index < -0.39 is 12.0 Å². The maximum absolute atomic E-state index is 12.1. The smallest absolute Gasteiger partial charge is 0.327 e. The average molecular weight is 267 g/mol. The number of amides is 2. The minimum absolute atomic E-state index is 0.0720. The lowest BCUT2D eigenvalue weighted by molar-refractivity contribution is -0.160. The number of rotatable bonds is 3. The molecule has 5 nitrogen and oxygen atoms in total. The van der Waals surface area contributed by atoms with Crippen molar-refractivity contribution in [2.75, 3.05) is 0 Å². The normalized spacial score (nSPS) is 24.1. The maximum Gasteiger partial charge on any atom is 0.327 e. The molecule has 2 rings (SSSR count). The molecule has 1 atom stereocenters. The molecule has 0 aromatic heterocycles. The van der Waals surface area contributed by atoms with Gasteiger partial charge in [0.15, 0.2) is 0 Å². The first kappa shape index (κ1) is 14.0. The molecule has 1 saturated heterocycles. The third kappa shape index (κ3) is 3.14. The summed E-state index contributed by atoms with van der Waals surface area (Å²) in [6.07, 6.45) is 6.64. The summed E-state index contributed by atoms with van der Waals surface area (Å²) in [5.74, 6) is -1.71. The third-order valence-corrected chi connectivity index (χ3v) is 4.20. The van der Waals surface area contributed by atoms with Gasteiger partial charge in [-0.15, -0.1) is 0 Å². The molecule has 2 fully saturated rings. The summed E-state index contributed by atoms with van der Waals surface area (Å²) in [6, 6.07) is -0.946. The fraction of sp³-hybridized carbons (Fsp3) is 0.786. The first-order chi connectivity index (χ1) is 9.11. The second-order valence-electron chi connectivity index (χ2n) is 5.55. The lowest BCUT2D eigenvalue weighted by Crippen LogP contribution is -2.52. The summed E-state index contributed by atoms with van der Waals surface area (Å²) in [5, 5.41) is 9.46. The van der Waals surface area contributed by atoms with E-state index in [2.05, 4.69) is 0 Å². The predicted molar refractivity (Wildman–Crippen MR) is 68.3 cm³/mol. The Bertz CT molecular complexity index is 356. The fourth-order valence-electron chi connectivity index (χ4n) is 3.22. The Morgan fingerprint density at radius 1 is 1.00 bits per heavy atom. The summed E-state index contributed by atoms with van der Waals surface area (Å²) >= 11 is 0. The van der Waals surface area contributed by atoms with Crippen molar-refractivity contribution in [1.82, 2.24) is 4.90 Å². The van der Waals surface area contributed by atoms with E-state index in [0.29, 0.717) is 25.7 Å². The van der Waals surface area contributed by atoms with Gasteiger partial charge in [-0.1, -0.05) is 19.3 Å². The van der Waals surface area contributed by atoms with Gasteiger partial charge in [0, 0.05) is 12.8 Å². The third-order valence-electron chi connectivity index (χ3n) is 4.20. The maximum atomic E-state index is 12.1. The molecule has 106 valence electrons. The van der Waals surface area contributed by atoms with Crippen molar-refractivity contribution in [2.45, 2.75) is 63.8 Å². The van der Waals surface area contributed by atoms with Gasteiger partial charge in [-0.3, -0.25) is 14.5 Å². The van der Waals surface area contributed by atoms with Gasteiger partial charge in [-0.2, -0.15) is 0 Å². The highest BCUT2D eigenvalue weighted by atomic mass is 16.4. The Balaban J connectivity index is 2.22.